The summed E-state index contributed by atoms with van der Waals surface area (Å²) < 4.78 is 18.9. The first-order valence-corrected chi connectivity index (χ1v) is 7.48. The summed E-state index contributed by atoms with van der Waals surface area (Å²) in [5.41, 5.74) is 0.574. The molecular formula is C14H18BrFN2O2. The molecule has 6 heteroatoms. The minimum atomic E-state index is -0.352. The Morgan fingerprint density at radius 2 is 2.30 bits per heavy atom. The Balaban J connectivity index is 1.98. The number of carbonyl (C=O) groups excluding carboxylic acids is 1. The second-order valence-electron chi connectivity index (χ2n) is 4.82. The van der Waals surface area contributed by atoms with E-state index in [-0.39, 0.29) is 23.7 Å². The van der Waals surface area contributed by atoms with E-state index in [2.05, 4.69) is 33.5 Å². The maximum atomic E-state index is 13.1. The van der Waals surface area contributed by atoms with Crippen LogP contribution in [0.5, 0.6) is 0 Å². The molecule has 110 valence electrons. The van der Waals surface area contributed by atoms with Crippen LogP contribution in [-0.4, -0.2) is 31.7 Å². The molecule has 4 nitrogen and oxygen atoms in total. The van der Waals surface area contributed by atoms with Gasteiger partial charge in [0.25, 0.3) is 0 Å². The number of rotatable bonds is 5. The van der Waals surface area contributed by atoms with Crippen LogP contribution in [0, 0.1) is 11.7 Å². The summed E-state index contributed by atoms with van der Waals surface area (Å²) in [6.07, 6.45) is 1.01. The number of benzene rings is 1. The van der Waals surface area contributed by atoms with E-state index in [1.54, 1.807) is 12.1 Å². The summed E-state index contributed by atoms with van der Waals surface area (Å²) in [7, 11) is 0. The van der Waals surface area contributed by atoms with Crippen molar-refractivity contribution in [2.75, 3.05) is 25.1 Å². The molecule has 1 aliphatic heterocycles. The third-order valence-electron chi connectivity index (χ3n) is 3.26. The Labute approximate surface area is 126 Å². The van der Waals surface area contributed by atoms with Crippen molar-refractivity contribution >= 4 is 27.5 Å². The average Bonchev–Trinajstić information content (AvgIpc) is 2.89. The van der Waals surface area contributed by atoms with Crippen molar-refractivity contribution in [3.05, 3.63) is 28.5 Å². The standard InChI is InChI=1S/C14H18BrFN2O2/c1-2-5-17-13-8-20-7-10(13)14(19)18-9-3-4-12(16)11(15)6-9/h3-4,6,10,13,17H,2,5,7-8H2,1H3,(H,18,19). The highest BCUT2D eigenvalue weighted by atomic mass is 79.9. The number of amides is 1. The van der Waals surface area contributed by atoms with Crippen LogP contribution >= 0.6 is 15.9 Å². The number of hydrogen-bond donors (Lipinski definition) is 2. The Hall–Kier alpha value is -0.980. The lowest BCUT2D eigenvalue weighted by Gasteiger charge is -2.18. The zero-order valence-electron chi connectivity index (χ0n) is 11.3. The van der Waals surface area contributed by atoms with Gasteiger partial charge in [-0.25, -0.2) is 4.39 Å². The van der Waals surface area contributed by atoms with E-state index in [0.717, 1.165) is 13.0 Å². The molecule has 20 heavy (non-hydrogen) atoms. The smallest absolute Gasteiger partial charge is 0.231 e. The normalized spacial score (nSPS) is 21.9. The number of anilines is 1. The topological polar surface area (TPSA) is 50.4 Å². The van der Waals surface area contributed by atoms with Gasteiger partial charge in [0.1, 0.15) is 5.82 Å². The maximum absolute atomic E-state index is 13.1. The summed E-state index contributed by atoms with van der Waals surface area (Å²) in [4.78, 5) is 12.2. The molecule has 2 atom stereocenters. The van der Waals surface area contributed by atoms with Crippen LogP contribution in [0.15, 0.2) is 22.7 Å². The molecule has 2 N–H and O–H groups in total. The summed E-state index contributed by atoms with van der Waals surface area (Å²) in [6.45, 7) is 3.90. The molecule has 1 aromatic rings. The molecule has 1 aromatic carbocycles. The lowest BCUT2D eigenvalue weighted by molar-refractivity contribution is -0.120. The van der Waals surface area contributed by atoms with Gasteiger partial charge in [-0.2, -0.15) is 0 Å². The van der Waals surface area contributed by atoms with Crippen LogP contribution in [0.25, 0.3) is 0 Å². The van der Waals surface area contributed by atoms with E-state index >= 15 is 0 Å². The predicted molar refractivity (Wildman–Crippen MR) is 79.1 cm³/mol. The average molecular weight is 345 g/mol. The highest BCUT2D eigenvalue weighted by Gasteiger charge is 2.33. The lowest BCUT2D eigenvalue weighted by Crippen LogP contribution is -2.41. The van der Waals surface area contributed by atoms with Gasteiger partial charge >= 0.3 is 0 Å². The number of ether oxygens (including phenoxy) is 1. The van der Waals surface area contributed by atoms with Crippen molar-refractivity contribution < 1.29 is 13.9 Å². The van der Waals surface area contributed by atoms with Crippen molar-refractivity contribution in [1.82, 2.24) is 5.32 Å². The van der Waals surface area contributed by atoms with Gasteiger partial charge in [-0.1, -0.05) is 6.92 Å². The molecule has 0 spiro atoms. The number of nitrogens with one attached hydrogen (secondary N) is 2. The van der Waals surface area contributed by atoms with Gasteiger partial charge < -0.3 is 15.4 Å². The lowest BCUT2D eigenvalue weighted by atomic mass is 10.0. The van der Waals surface area contributed by atoms with Crippen LogP contribution < -0.4 is 10.6 Å². The molecule has 0 bridgehead atoms. The van der Waals surface area contributed by atoms with Gasteiger partial charge in [0.15, 0.2) is 0 Å². The van der Waals surface area contributed by atoms with Gasteiger partial charge in [0.05, 0.1) is 23.6 Å². The second kappa shape index (κ2) is 7.15. The zero-order valence-corrected chi connectivity index (χ0v) is 12.9. The van der Waals surface area contributed by atoms with E-state index in [1.807, 2.05) is 0 Å². The van der Waals surface area contributed by atoms with Crippen LogP contribution in [-0.2, 0) is 9.53 Å². The number of hydrogen-bond acceptors (Lipinski definition) is 3. The van der Waals surface area contributed by atoms with Crippen molar-refractivity contribution in [2.45, 2.75) is 19.4 Å². The third kappa shape index (κ3) is 3.77. The van der Waals surface area contributed by atoms with Gasteiger partial charge in [0, 0.05) is 11.7 Å². The van der Waals surface area contributed by atoms with E-state index in [1.165, 1.54) is 6.07 Å². The van der Waals surface area contributed by atoms with E-state index in [9.17, 15) is 9.18 Å². The summed E-state index contributed by atoms with van der Waals surface area (Å²) >= 11 is 3.10. The fourth-order valence-corrected chi connectivity index (χ4v) is 2.53. The van der Waals surface area contributed by atoms with E-state index in [4.69, 9.17) is 4.74 Å². The molecule has 1 saturated heterocycles. The Morgan fingerprint density at radius 1 is 1.50 bits per heavy atom. The predicted octanol–water partition coefficient (Wildman–Crippen LogP) is 2.54. The Morgan fingerprint density at radius 3 is 3.00 bits per heavy atom. The van der Waals surface area contributed by atoms with Crippen LogP contribution in [0.1, 0.15) is 13.3 Å². The summed E-state index contributed by atoms with van der Waals surface area (Å²) in [5, 5.41) is 6.12. The molecule has 0 aromatic heterocycles. The fraction of sp³-hybridized carbons (Fsp3) is 0.500. The largest absolute Gasteiger partial charge is 0.379 e. The van der Waals surface area contributed by atoms with E-state index < -0.39 is 0 Å². The molecule has 1 amide bonds. The molecule has 1 aliphatic rings. The highest BCUT2D eigenvalue weighted by Crippen LogP contribution is 2.22. The van der Waals surface area contributed by atoms with Crippen LogP contribution in [0.3, 0.4) is 0 Å². The minimum Gasteiger partial charge on any atom is -0.379 e. The SMILES string of the molecule is CCCNC1COCC1C(=O)Nc1ccc(F)c(Br)c1. The second-order valence-corrected chi connectivity index (χ2v) is 5.68. The minimum absolute atomic E-state index is 0.0406. The van der Waals surface area contributed by atoms with Gasteiger partial charge in [-0.05, 0) is 47.1 Å². The third-order valence-corrected chi connectivity index (χ3v) is 3.87. The molecule has 1 heterocycles. The van der Waals surface area contributed by atoms with E-state index in [0.29, 0.717) is 23.4 Å². The first kappa shape index (κ1) is 15.4. The number of halogens is 2. The summed E-state index contributed by atoms with van der Waals surface area (Å²) in [6, 6.07) is 4.45. The number of carbonyl (C=O) groups is 1. The zero-order chi connectivity index (χ0) is 14.5. The molecule has 0 radical (unpaired) electrons. The van der Waals surface area contributed by atoms with Gasteiger partial charge in [-0.15, -0.1) is 0 Å². The molecule has 2 unspecified atom stereocenters. The quantitative estimate of drug-likeness (QED) is 0.862. The van der Waals surface area contributed by atoms with Crippen molar-refractivity contribution in [1.29, 1.82) is 0 Å². The van der Waals surface area contributed by atoms with Crippen molar-refractivity contribution in [2.24, 2.45) is 5.92 Å². The Kier molecular flexibility index (Phi) is 5.51. The molecule has 0 aliphatic carbocycles. The van der Waals surface area contributed by atoms with Gasteiger partial charge in [-0.3, -0.25) is 4.79 Å². The van der Waals surface area contributed by atoms with Crippen LogP contribution in [0.4, 0.5) is 10.1 Å². The fourth-order valence-electron chi connectivity index (χ4n) is 2.15. The molecule has 0 saturated carbocycles. The molecule has 2 rings (SSSR count). The first-order chi connectivity index (χ1) is 9.61. The van der Waals surface area contributed by atoms with Crippen LogP contribution in [0.2, 0.25) is 0 Å². The molecule has 1 fully saturated rings. The first-order valence-electron chi connectivity index (χ1n) is 6.69. The highest BCUT2D eigenvalue weighted by molar-refractivity contribution is 9.10. The maximum Gasteiger partial charge on any atom is 0.231 e. The van der Waals surface area contributed by atoms with Gasteiger partial charge in [0.2, 0.25) is 5.91 Å². The summed E-state index contributed by atoms with van der Waals surface area (Å²) in [5.74, 6) is -0.672. The molecular weight excluding hydrogens is 327 g/mol. The van der Waals surface area contributed by atoms with Crippen molar-refractivity contribution in [3.63, 3.8) is 0 Å². The van der Waals surface area contributed by atoms with Crippen molar-refractivity contribution in [3.8, 4) is 0 Å². The monoisotopic (exact) mass is 344 g/mol. The Bertz CT molecular complexity index is 484.